The molecule has 0 amide bonds. The van der Waals surface area contributed by atoms with Crippen LogP contribution in [0.5, 0.6) is 0 Å². The summed E-state index contributed by atoms with van der Waals surface area (Å²) in [6.07, 6.45) is 58.1. The van der Waals surface area contributed by atoms with E-state index in [0.717, 1.165) is 83.5 Å². The molecule has 0 aromatic carbocycles. The standard InChI is InChI=1S/C53H92NO10P/c1-3-5-7-9-11-13-15-17-19-21-23-24-25-26-27-29-31-33-35-37-39-41-43-45-52(56)64-49(47-62-65(59,60)63-48-50(54)53(57)58)46-61-51(55)44-42-40-38-36-34-32-30-28-22-20-18-16-14-12-10-8-6-4-2/h5,7,11,13-14,16-17,19-20,22-24,49-50H,3-4,6,8-10,12,15,18,21,25-48,54H2,1-2H3,(H,57,58)(H,59,60)/b7-5-,13-11-,16-14-,19-17-,22-20-,24-23-. The Morgan fingerprint density at radius 1 is 0.492 bits per heavy atom. The molecule has 0 heterocycles. The Kier molecular flexibility index (Phi) is 45.2. The average molecular weight is 934 g/mol. The second-order valence-electron chi connectivity index (χ2n) is 16.9. The maximum atomic E-state index is 12.7. The van der Waals surface area contributed by atoms with Crippen molar-refractivity contribution in [2.75, 3.05) is 19.8 Å². The first-order chi connectivity index (χ1) is 31.6. The highest BCUT2D eigenvalue weighted by molar-refractivity contribution is 7.47. The third-order valence-corrected chi connectivity index (χ3v) is 11.6. The van der Waals surface area contributed by atoms with E-state index in [4.69, 9.17) is 24.8 Å². The molecule has 0 aromatic heterocycles. The number of esters is 2. The Labute approximate surface area is 395 Å². The first kappa shape index (κ1) is 61.9. The van der Waals surface area contributed by atoms with Gasteiger partial charge in [-0.1, -0.05) is 189 Å². The molecule has 12 heteroatoms. The van der Waals surface area contributed by atoms with E-state index in [0.29, 0.717) is 12.8 Å². The lowest BCUT2D eigenvalue weighted by Crippen LogP contribution is -2.34. The van der Waals surface area contributed by atoms with E-state index < -0.39 is 51.1 Å². The van der Waals surface area contributed by atoms with Gasteiger partial charge in [-0.05, 0) is 83.5 Å². The molecular weight excluding hydrogens is 842 g/mol. The molecule has 0 fully saturated rings. The van der Waals surface area contributed by atoms with Gasteiger partial charge in [0.25, 0.3) is 0 Å². The highest BCUT2D eigenvalue weighted by Gasteiger charge is 2.28. The van der Waals surface area contributed by atoms with E-state index in [-0.39, 0.29) is 19.4 Å². The third kappa shape index (κ3) is 47.2. The van der Waals surface area contributed by atoms with Crippen LogP contribution in [0.4, 0.5) is 0 Å². The second-order valence-corrected chi connectivity index (χ2v) is 18.4. The number of carbonyl (C=O) groups excluding carboxylic acids is 2. The minimum atomic E-state index is -4.73. The van der Waals surface area contributed by atoms with Gasteiger partial charge in [-0.3, -0.25) is 23.4 Å². The summed E-state index contributed by atoms with van der Waals surface area (Å²) >= 11 is 0. The molecule has 0 aliphatic heterocycles. The number of rotatable bonds is 47. The van der Waals surface area contributed by atoms with Gasteiger partial charge < -0.3 is 25.2 Å². The van der Waals surface area contributed by atoms with Crippen molar-refractivity contribution in [1.29, 1.82) is 0 Å². The number of carboxylic acid groups (broad SMARTS) is 1. The molecule has 3 atom stereocenters. The van der Waals surface area contributed by atoms with Crippen LogP contribution < -0.4 is 5.73 Å². The van der Waals surface area contributed by atoms with E-state index in [1.807, 2.05) is 0 Å². The number of phosphoric acid groups is 1. The Balaban J connectivity index is 4.27. The van der Waals surface area contributed by atoms with Crippen molar-refractivity contribution >= 4 is 25.7 Å². The van der Waals surface area contributed by atoms with Crippen molar-refractivity contribution in [3.8, 4) is 0 Å². The number of allylic oxidation sites excluding steroid dienone is 12. The summed E-state index contributed by atoms with van der Waals surface area (Å²) in [6.45, 7) is 2.68. The molecule has 0 saturated heterocycles. The van der Waals surface area contributed by atoms with Crippen molar-refractivity contribution < 1.29 is 47.5 Å². The number of ether oxygens (including phenoxy) is 2. The third-order valence-electron chi connectivity index (χ3n) is 10.7. The summed E-state index contributed by atoms with van der Waals surface area (Å²) in [6, 6.07) is -1.53. The van der Waals surface area contributed by atoms with Crippen LogP contribution in [-0.4, -0.2) is 59.9 Å². The number of nitrogens with two attached hydrogens (primary N) is 1. The number of carboxylic acids is 1. The van der Waals surface area contributed by atoms with Gasteiger partial charge in [0.15, 0.2) is 6.10 Å². The number of phosphoric ester groups is 1. The second kappa shape index (κ2) is 47.4. The lowest BCUT2D eigenvalue weighted by molar-refractivity contribution is -0.161. The Hall–Kier alpha value is -3.08. The predicted octanol–water partition coefficient (Wildman–Crippen LogP) is 14.5. The first-order valence-corrected chi connectivity index (χ1v) is 27.0. The fourth-order valence-corrected chi connectivity index (χ4v) is 7.51. The predicted molar refractivity (Wildman–Crippen MR) is 267 cm³/mol. The number of unbranched alkanes of at least 4 members (excludes halogenated alkanes) is 21. The zero-order valence-electron chi connectivity index (χ0n) is 40.8. The van der Waals surface area contributed by atoms with Gasteiger partial charge in [-0.2, -0.15) is 0 Å². The summed E-state index contributed by atoms with van der Waals surface area (Å²) in [5.41, 5.74) is 5.35. The SMILES string of the molecule is CC/C=C\C/C=C\C/C=C\C/C=C\CCCCCCCCCCCCC(=O)OC(COC(=O)CCCCCCCCC/C=C\C/C=C\CCCCCC)COP(=O)(O)OCC(N)C(=O)O. The molecule has 0 spiro atoms. The Bertz CT molecular complexity index is 1370. The van der Waals surface area contributed by atoms with Crippen LogP contribution in [0, 0.1) is 0 Å². The summed E-state index contributed by atoms with van der Waals surface area (Å²) in [5.74, 6) is -2.39. The quantitative estimate of drug-likeness (QED) is 0.0229. The Morgan fingerprint density at radius 3 is 1.29 bits per heavy atom. The van der Waals surface area contributed by atoms with Crippen molar-refractivity contribution in [3.05, 3.63) is 72.9 Å². The molecule has 0 bridgehead atoms. The van der Waals surface area contributed by atoms with Crippen molar-refractivity contribution in [2.24, 2.45) is 5.73 Å². The fraction of sp³-hybridized carbons (Fsp3) is 0.717. The smallest absolute Gasteiger partial charge is 0.472 e. The Morgan fingerprint density at radius 2 is 0.862 bits per heavy atom. The summed E-state index contributed by atoms with van der Waals surface area (Å²) < 4.78 is 32.8. The van der Waals surface area contributed by atoms with Gasteiger partial charge in [0.05, 0.1) is 13.2 Å². The largest absolute Gasteiger partial charge is 0.480 e. The van der Waals surface area contributed by atoms with Gasteiger partial charge in [-0.25, -0.2) is 4.57 Å². The van der Waals surface area contributed by atoms with E-state index in [1.165, 1.54) is 89.9 Å². The molecule has 0 aliphatic rings. The minimum Gasteiger partial charge on any atom is -0.480 e. The average Bonchev–Trinajstić information content (AvgIpc) is 3.28. The fourth-order valence-electron chi connectivity index (χ4n) is 6.73. The van der Waals surface area contributed by atoms with E-state index >= 15 is 0 Å². The van der Waals surface area contributed by atoms with Gasteiger partial charge in [0, 0.05) is 12.8 Å². The van der Waals surface area contributed by atoms with E-state index in [2.05, 4.69) is 91.3 Å². The zero-order valence-corrected chi connectivity index (χ0v) is 41.7. The molecule has 374 valence electrons. The van der Waals surface area contributed by atoms with Crippen LogP contribution in [-0.2, 0) is 37.5 Å². The normalized spacial score (nSPS) is 14.2. The number of carbonyl (C=O) groups is 3. The van der Waals surface area contributed by atoms with Gasteiger partial charge in [-0.15, -0.1) is 0 Å². The highest BCUT2D eigenvalue weighted by atomic mass is 31.2. The van der Waals surface area contributed by atoms with Crippen molar-refractivity contribution in [2.45, 2.75) is 225 Å². The monoisotopic (exact) mass is 934 g/mol. The maximum absolute atomic E-state index is 12.7. The van der Waals surface area contributed by atoms with Gasteiger partial charge in [0.1, 0.15) is 12.6 Å². The van der Waals surface area contributed by atoms with Crippen LogP contribution >= 0.6 is 7.82 Å². The molecule has 11 nitrogen and oxygen atoms in total. The molecule has 4 N–H and O–H groups in total. The van der Waals surface area contributed by atoms with Crippen LogP contribution in [0.15, 0.2) is 72.9 Å². The molecular formula is C53H92NO10P. The van der Waals surface area contributed by atoms with E-state index in [1.54, 1.807) is 0 Å². The minimum absolute atomic E-state index is 0.151. The molecule has 0 radical (unpaired) electrons. The van der Waals surface area contributed by atoms with Crippen LogP contribution in [0.2, 0.25) is 0 Å². The molecule has 0 saturated carbocycles. The molecule has 0 aromatic rings. The summed E-state index contributed by atoms with van der Waals surface area (Å²) in [5, 5.41) is 8.92. The number of hydrogen-bond acceptors (Lipinski definition) is 9. The molecule has 3 unspecified atom stereocenters. The number of hydrogen-bond donors (Lipinski definition) is 3. The maximum Gasteiger partial charge on any atom is 0.472 e. The van der Waals surface area contributed by atoms with Gasteiger partial charge in [0.2, 0.25) is 0 Å². The lowest BCUT2D eigenvalue weighted by Gasteiger charge is -2.20. The first-order valence-electron chi connectivity index (χ1n) is 25.5. The van der Waals surface area contributed by atoms with Crippen LogP contribution in [0.1, 0.15) is 213 Å². The lowest BCUT2D eigenvalue weighted by atomic mass is 10.0. The highest BCUT2D eigenvalue weighted by Crippen LogP contribution is 2.43. The van der Waals surface area contributed by atoms with Crippen LogP contribution in [0.25, 0.3) is 0 Å². The molecule has 0 rings (SSSR count). The van der Waals surface area contributed by atoms with Crippen molar-refractivity contribution in [3.63, 3.8) is 0 Å². The molecule has 0 aliphatic carbocycles. The van der Waals surface area contributed by atoms with E-state index in [9.17, 15) is 23.8 Å². The topological polar surface area (TPSA) is 172 Å². The summed E-state index contributed by atoms with van der Waals surface area (Å²) in [4.78, 5) is 46.2. The van der Waals surface area contributed by atoms with Crippen LogP contribution in [0.3, 0.4) is 0 Å². The van der Waals surface area contributed by atoms with Crippen molar-refractivity contribution in [1.82, 2.24) is 0 Å². The van der Waals surface area contributed by atoms with Gasteiger partial charge >= 0.3 is 25.7 Å². The summed E-state index contributed by atoms with van der Waals surface area (Å²) in [7, 11) is -4.73. The number of aliphatic carboxylic acids is 1. The zero-order chi connectivity index (χ0) is 47.7. The molecule has 65 heavy (non-hydrogen) atoms.